The van der Waals surface area contributed by atoms with Crippen LogP contribution < -0.4 is 5.32 Å². The van der Waals surface area contributed by atoms with Crippen LogP contribution in [-0.2, 0) is 6.54 Å². The van der Waals surface area contributed by atoms with Crippen molar-refractivity contribution in [2.45, 2.75) is 44.2 Å². The van der Waals surface area contributed by atoms with E-state index in [2.05, 4.69) is 45.2 Å². The van der Waals surface area contributed by atoms with Crippen LogP contribution in [0.25, 0.3) is 0 Å². The molecule has 1 aromatic heterocycles. The van der Waals surface area contributed by atoms with Gasteiger partial charge in [-0.2, -0.15) is 0 Å². The van der Waals surface area contributed by atoms with Crippen molar-refractivity contribution in [2.75, 3.05) is 6.54 Å². The summed E-state index contributed by atoms with van der Waals surface area (Å²) in [6, 6.07) is 11.7. The van der Waals surface area contributed by atoms with E-state index >= 15 is 0 Å². The molecular weight excluding hydrogens is 246 g/mol. The summed E-state index contributed by atoms with van der Waals surface area (Å²) in [5.41, 5.74) is 1.52. The third-order valence-corrected chi connectivity index (χ3v) is 4.36. The van der Waals surface area contributed by atoms with Gasteiger partial charge in [0.25, 0.3) is 0 Å². The van der Waals surface area contributed by atoms with E-state index in [4.69, 9.17) is 0 Å². The van der Waals surface area contributed by atoms with Crippen molar-refractivity contribution in [2.24, 2.45) is 0 Å². The minimum absolute atomic E-state index is 0.693. The molecule has 1 aliphatic rings. The number of hydrogen-bond acceptors (Lipinski definition) is 2. The van der Waals surface area contributed by atoms with Crippen molar-refractivity contribution in [1.29, 1.82) is 0 Å². The van der Waals surface area contributed by atoms with Gasteiger partial charge in [-0.1, -0.05) is 30.3 Å². The minimum atomic E-state index is 0.693. The van der Waals surface area contributed by atoms with Crippen LogP contribution in [0.2, 0.25) is 0 Å². The summed E-state index contributed by atoms with van der Waals surface area (Å²) < 4.78 is 2.13. The predicted octanol–water partition coefficient (Wildman–Crippen LogP) is 3.20. The van der Waals surface area contributed by atoms with Gasteiger partial charge in [0.2, 0.25) is 0 Å². The maximum absolute atomic E-state index is 4.07. The van der Waals surface area contributed by atoms with E-state index in [1.165, 1.54) is 31.2 Å². The fraction of sp³-hybridized carbons (Fsp3) is 0.471. The highest BCUT2D eigenvalue weighted by Crippen LogP contribution is 2.32. The molecule has 3 nitrogen and oxygen atoms in total. The number of rotatable bonds is 5. The van der Waals surface area contributed by atoms with Crippen LogP contribution in [-0.4, -0.2) is 22.1 Å². The van der Waals surface area contributed by atoms with E-state index < -0.39 is 0 Å². The minimum Gasteiger partial charge on any atom is -0.336 e. The quantitative estimate of drug-likeness (QED) is 0.903. The third kappa shape index (κ3) is 3.48. The first kappa shape index (κ1) is 13.4. The van der Waals surface area contributed by atoms with E-state index in [-0.39, 0.29) is 0 Å². The van der Waals surface area contributed by atoms with E-state index in [9.17, 15) is 0 Å². The van der Waals surface area contributed by atoms with Crippen LogP contribution in [0, 0.1) is 0 Å². The van der Waals surface area contributed by atoms with Crippen LogP contribution in [0.5, 0.6) is 0 Å². The number of hydrogen-bond donors (Lipinski definition) is 1. The molecule has 1 fully saturated rings. The maximum atomic E-state index is 4.07. The maximum Gasteiger partial charge on any atom is 0.0946 e. The van der Waals surface area contributed by atoms with Crippen molar-refractivity contribution in [1.82, 2.24) is 14.9 Å². The lowest BCUT2D eigenvalue weighted by atomic mass is 9.82. The molecule has 0 atom stereocenters. The molecule has 1 aromatic carbocycles. The Kier molecular flexibility index (Phi) is 4.49. The van der Waals surface area contributed by atoms with Gasteiger partial charge in [0, 0.05) is 31.5 Å². The molecule has 0 radical (unpaired) electrons. The lowest BCUT2D eigenvalue weighted by Gasteiger charge is -2.29. The molecule has 0 spiro atoms. The van der Waals surface area contributed by atoms with Gasteiger partial charge >= 0.3 is 0 Å². The van der Waals surface area contributed by atoms with Crippen LogP contribution in [0.4, 0.5) is 0 Å². The molecule has 2 aromatic rings. The molecule has 0 unspecified atom stereocenters. The van der Waals surface area contributed by atoms with Crippen molar-refractivity contribution in [3.05, 3.63) is 54.6 Å². The van der Waals surface area contributed by atoms with Crippen LogP contribution >= 0.6 is 0 Å². The Labute approximate surface area is 121 Å². The largest absolute Gasteiger partial charge is 0.336 e. The van der Waals surface area contributed by atoms with E-state index in [1.54, 1.807) is 0 Å². The number of imidazole rings is 1. The third-order valence-electron chi connectivity index (χ3n) is 4.36. The molecule has 3 heteroatoms. The van der Waals surface area contributed by atoms with Crippen LogP contribution in [0.1, 0.15) is 37.2 Å². The van der Waals surface area contributed by atoms with Gasteiger partial charge in [-0.05, 0) is 37.2 Å². The predicted molar refractivity (Wildman–Crippen MR) is 81.7 cm³/mol. The molecule has 1 saturated carbocycles. The van der Waals surface area contributed by atoms with E-state index in [1.807, 2.05) is 18.7 Å². The lowest BCUT2D eigenvalue weighted by Crippen LogP contribution is -2.34. The second kappa shape index (κ2) is 6.71. The first-order valence-corrected chi connectivity index (χ1v) is 7.66. The lowest BCUT2D eigenvalue weighted by molar-refractivity contribution is 0.339. The summed E-state index contributed by atoms with van der Waals surface area (Å²) in [7, 11) is 0. The van der Waals surface area contributed by atoms with Gasteiger partial charge in [0.05, 0.1) is 6.33 Å². The average Bonchev–Trinajstić information content (AvgIpc) is 3.02. The first-order valence-electron chi connectivity index (χ1n) is 7.66. The molecule has 1 N–H and O–H groups in total. The monoisotopic (exact) mass is 269 g/mol. The zero-order chi connectivity index (χ0) is 13.6. The van der Waals surface area contributed by atoms with Gasteiger partial charge in [-0.25, -0.2) is 4.98 Å². The second-order valence-electron chi connectivity index (χ2n) is 5.71. The molecule has 0 bridgehead atoms. The fourth-order valence-electron chi connectivity index (χ4n) is 3.17. The summed E-state index contributed by atoms with van der Waals surface area (Å²) >= 11 is 0. The Hall–Kier alpha value is -1.61. The van der Waals surface area contributed by atoms with E-state index in [0.717, 1.165) is 19.0 Å². The first-order chi connectivity index (χ1) is 9.92. The number of aromatic nitrogens is 2. The second-order valence-corrected chi connectivity index (χ2v) is 5.71. The normalized spacial score (nSPS) is 22.8. The van der Waals surface area contributed by atoms with Crippen molar-refractivity contribution in [3.63, 3.8) is 0 Å². The molecule has 0 saturated heterocycles. The molecular formula is C17H23N3. The molecule has 1 aliphatic carbocycles. The Morgan fingerprint density at radius 2 is 1.90 bits per heavy atom. The zero-order valence-corrected chi connectivity index (χ0v) is 11.9. The summed E-state index contributed by atoms with van der Waals surface area (Å²) in [5.74, 6) is 0.767. The Balaban J connectivity index is 1.40. The summed E-state index contributed by atoms with van der Waals surface area (Å²) in [4.78, 5) is 4.07. The van der Waals surface area contributed by atoms with Crippen molar-refractivity contribution < 1.29 is 0 Å². The highest BCUT2D eigenvalue weighted by molar-refractivity contribution is 5.20. The van der Waals surface area contributed by atoms with Gasteiger partial charge in [-0.15, -0.1) is 0 Å². The molecule has 20 heavy (non-hydrogen) atoms. The van der Waals surface area contributed by atoms with E-state index in [0.29, 0.717) is 6.04 Å². The van der Waals surface area contributed by atoms with Crippen LogP contribution in [0.3, 0.4) is 0 Å². The topological polar surface area (TPSA) is 29.9 Å². The summed E-state index contributed by atoms with van der Waals surface area (Å²) in [6.45, 7) is 2.05. The highest BCUT2D eigenvalue weighted by Gasteiger charge is 2.21. The Morgan fingerprint density at radius 3 is 2.60 bits per heavy atom. The van der Waals surface area contributed by atoms with Gasteiger partial charge < -0.3 is 9.88 Å². The Bertz CT molecular complexity index is 484. The zero-order valence-electron chi connectivity index (χ0n) is 11.9. The van der Waals surface area contributed by atoms with Gasteiger partial charge in [0.1, 0.15) is 0 Å². The number of benzene rings is 1. The molecule has 0 aliphatic heterocycles. The smallest absolute Gasteiger partial charge is 0.0946 e. The average molecular weight is 269 g/mol. The Morgan fingerprint density at radius 1 is 1.10 bits per heavy atom. The van der Waals surface area contributed by atoms with Crippen molar-refractivity contribution in [3.8, 4) is 0 Å². The molecule has 0 amide bonds. The molecule has 3 rings (SSSR count). The standard InChI is InChI=1S/C17H23N3/c1-2-4-15(5-3-1)16-6-8-17(9-7-16)19-11-13-20-12-10-18-14-20/h1-5,10,12,14,16-17,19H,6-9,11,13H2. The van der Waals surface area contributed by atoms with Gasteiger partial charge in [-0.3, -0.25) is 0 Å². The van der Waals surface area contributed by atoms with Crippen molar-refractivity contribution >= 4 is 0 Å². The summed E-state index contributed by atoms with van der Waals surface area (Å²) in [6.07, 6.45) is 11.0. The van der Waals surface area contributed by atoms with Gasteiger partial charge in [0.15, 0.2) is 0 Å². The molecule has 1 heterocycles. The van der Waals surface area contributed by atoms with Crippen LogP contribution in [0.15, 0.2) is 49.1 Å². The molecule has 106 valence electrons. The highest BCUT2D eigenvalue weighted by atomic mass is 15.0. The summed E-state index contributed by atoms with van der Waals surface area (Å²) in [5, 5.41) is 3.68. The number of nitrogens with one attached hydrogen (secondary N) is 1. The number of nitrogens with zero attached hydrogens (tertiary/aromatic N) is 2. The fourth-order valence-corrected chi connectivity index (χ4v) is 3.17. The SMILES string of the molecule is c1ccc(C2CCC(NCCn3ccnc3)CC2)cc1.